The number of nitrogens with zero attached hydrogens (tertiary/aromatic N) is 1. The molecule has 1 aliphatic carbocycles. The largest absolute Gasteiger partial charge is 0.383 e. The fraction of sp³-hybridized carbons (Fsp3) is 1.00. The number of methoxy groups -OCH3 is 1. The molecule has 1 fully saturated rings. The summed E-state index contributed by atoms with van der Waals surface area (Å²) in [4.78, 5) is 2.63. The van der Waals surface area contributed by atoms with Crippen LogP contribution in [0.4, 0.5) is 0 Å². The molecular weight excluding hydrogens is 224 g/mol. The van der Waals surface area contributed by atoms with E-state index in [1.54, 1.807) is 7.11 Å². The summed E-state index contributed by atoms with van der Waals surface area (Å²) in [5, 5.41) is 3.75. The van der Waals surface area contributed by atoms with Crippen molar-refractivity contribution >= 4 is 0 Å². The van der Waals surface area contributed by atoms with E-state index in [2.05, 4.69) is 31.0 Å². The molecule has 108 valence electrons. The van der Waals surface area contributed by atoms with Crippen LogP contribution in [0.1, 0.15) is 52.9 Å². The number of hydrogen-bond acceptors (Lipinski definition) is 3. The zero-order valence-corrected chi connectivity index (χ0v) is 12.7. The highest BCUT2D eigenvalue weighted by Crippen LogP contribution is 2.24. The number of hydrogen-bond donors (Lipinski definition) is 1. The minimum absolute atomic E-state index is 0.606. The van der Waals surface area contributed by atoms with Gasteiger partial charge in [-0.2, -0.15) is 0 Å². The molecule has 1 saturated carbocycles. The summed E-state index contributed by atoms with van der Waals surface area (Å²) in [5.74, 6) is 0. The molecule has 2 atom stereocenters. The van der Waals surface area contributed by atoms with E-state index in [0.29, 0.717) is 18.1 Å². The Morgan fingerprint density at radius 1 is 1.28 bits per heavy atom. The molecule has 0 bridgehead atoms. The second-order valence-corrected chi connectivity index (χ2v) is 5.74. The SMILES string of the molecule is CCCNC1CCCCC1N(CCOC)C(C)C. The highest BCUT2D eigenvalue weighted by molar-refractivity contribution is 4.89. The van der Waals surface area contributed by atoms with Crippen LogP contribution in [-0.4, -0.2) is 49.8 Å². The monoisotopic (exact) mass is 256 g/mol. The Hall–Kier alpha value is -0.120. The van der Waals surface area contributed by atoms with Crippen LogP contribution in [0, 0.1) is 0 Å². The average Bonchev–Trinajstić information content (AvgIpc) is 2.37. The van der Waals surface area contributed by atoms with E-state index in [1.165, 1.54) is 32.1 Å². The summed E-state index contributed by atoms with van der Waals surface area (Å²) in [6, 6.07) is 1.98. The van der Waals surface area contributed by atoms with Crippen molar-refractivity contribution in [1.29, 1.82) is 0 Å². The first kappa shape index (κ1) is 15.9. The Kier molecular flexibility index (Phi) is 7.87. The van der Waals surface area contributed by atoms with Crippen LogP contribution in [0.15, 0.2) is 0 Å². The van der Waals surface area contributed by atoms with Crippen LogP contribution in [0.5, 0.6) is 0 Å². The Balaban J connectivity index is 2.59. The van der Waals surface area contributed by atoms with Crippen LogP contribution in [-0.2, 0) is 4.74 Å². The van der Waals surface area contributed by atoms with Crippen molar-refractivity contribution in [2.24, 2.45) is 0 Å². The smallest absolute Gasteiger partial charge is 0.0589 e. The molecule has 0 aliphatic heterocycles. The number of rotatable bonds is 8. The average molecular weight is 256 g/mol. The summed E-state index contributed by atoms with van der Waals surface area (Å²) < 4.78 is 5.27. The molecule has 0 radical (unpaired) electrons. The minimum Gasteiger partial charge on any atom is -0.383 e. The predicted octanol–water partition coefficient (Wildman–Crippen LogP) is 2.65. The van der Waals surface area contributed by atoms with E-state index in [9.17, 15) is 0 Å². The van der Waals surface area contributed by atoms with Gasteiger partial charge < -0.3 is 10.1 Å². The number of nitrogens with one attached hydrogen (secondary N) is 1. The van der Waals surface area contributed by atoms with Gasteiger partial charge in [-0.05, 0) is 39.7 Å². The zero-order chi connectivity index (χ0) is 13.4. The van der Waals surface area contributed by atoms with Gasteiger partial charge in [0.1, 0.15) is 0 Å². The Bertz CT molecular complexity index is 209. The molecular formula is C15H32N2O. The first-order valence-electron chi connectivity index (χ1n) is 7.68. The maximum absolute atomic E-state index is 5.27. The van der Waals surface area contributed by atoms with Gasteiger partial charge in [0.15, 0.2) is 0 Å². The lowest BCUT2D eigenvalue weighted by Crippen LogP contribution is -2.54. The summed E-state index contributed by atoms with van der Waals surface area (Å²) in [7, 11) is 1.80. The lowest BCUT2D eigenvalue weighted by atomic mass is 9.88. The van der Waals surface area contributed by atoms with E-state index in [1.807, 2.05) is 0 Å². The van der Waals surface area contributed by atoms with Gasteiger partial charge in [-0.25, -0.2) is 0 Å². The maximum Gasteiger partial charge on any atom is 0.0589 e. The Labute approximate surface area is 113 Å². The Morgan fingerprint density at radius 2 is 2.00 bits per heavy atom. The van der Waals surface area contributed by atoms with Crippen molar-refractivity contribution in [3.63, 3.8) is 0 Å². The van der Waals surface area contributed by atoms with E-state index >= 15 is 0 Å². The van der Waals surface area contributed by atoms with Crippen LogP contribution < -0.4 is 5.32 Å². The van der Waals surface area contributed by atoms with Crippen LogP contribution in [0.2, 0.25) is 0 Å². The standard InChI is InChI=1S/C15H32N2O/c1-5-10-16-14-8-6-7-9-15(14)17(13(2)3)11-12-18-4/h13-16H,5-12H2,1-4H3. The van der Waals surface area contributed by atoms with Crippen molar-refractivity contribution in [2.45, 2.75) is 71.0 Å². The quantitative estimate of drug-likeness (QED) is 0.722. The molecule has 1 rings (SSSR count). The Morgan fingerprint density at radius 3 is 2.61 bits per heavy atom. The highest BCUT2D eigenvalue weighted by Gasteiger charge is 2.30. The normalized spacial score (nSPS) is 25.0. The molecule has 0 saturated heterocycles. The molecule has 1 aliphatic rings. The van der Waals surface area contributed by atoms with Crippen LogP contribution in [0.25, 0.3) is 0 Å². The van der Waals surface area contributed by atoms with Crippen LogP contribution in [0.3, 0.4) is 0 Å². The molecule has 0 aromatic rings. The van der Waals surface area contributed by atoms with Gasteiger partial charge in [-0.1, -0.05) is 19.8 Å². The third-order valence-electron chi connectivity index (χ3n) is 4.03. The fourth-order valence-electron chi connectivity index (χ4n) is 3.08. The van der Waals surface area contributed by atoms with E-state index in [0.717, 1.165) is 19.7 Å². The van der Waals surface area contributed by atoms with Crippen molar-refractivity contribution in [1.82, 2.24) is 10.2 Å². The van der Waals surface area contributed by atoms with Gasteiger partial charge in [0.25, 0.3) is 0 Å². The highest BCUT2D eigenvalue weighted by atomic mass is 16.5. The predicted molar refractivity (Wildman–Crippen MR) is 78.1 cm³/mol. The minimum atomic E-state index is 0.606. The molecule has 1 N–H and O–H groups in total. The molecule has 3 nitrogen and oxygen atoms in total. The summed E-state index contributed by atoms with van der Waals surface area (Å²) in [6.45, 7) is 9.91. The lowest BCUT2D eigenvalue weighted by Gasteiger charge is -2.42. The van der Waals surface area contributed by atoms with Crippen molar-refractivity contribution in [3.05, 3.63) is 0 Å². The van der Waals surface area contributed by atoms with E-state index in [4.69, 9.17) is 4.74 Å². The van der Waals surface area contributed by atoms with Gasteiger partial charge >= 0.3 is 0 Å². The molecule has 0 spiro atoms. The lowest BCUT2D eigenvalue weighted by molar-refractivity contribution is 0.0606. The molecule has 0 aromatic carbocycles. The molecule has 3 heteroatoms. The molecule has 0 aromatic heterocycles. The van der Waals surface area contributed by atoms with Crippen molar-refractivity contribution in [2.75, 3.05) is 26.8 Å². The molecule has 2 unspecified atom stereocenters. The molecule has 0 heterocycles. The third-order valence-corrected chi connectivity index (χ3v) is 4.03. The first-order valence-corrected chi connectivity index (χ1v) is 7.68. The maximum atomic E-state index is 5.27. The second kappa shape index (κ2) is 8.89. The van der Waals surface area contributed by atoms with Gasteiger partial charge in [0.2, 0.25) is 0 Å². The van der Waals surface area contributed by atoms with Gasteiger partial charge in [0.05, 0.1) is 6.61 Å². The van der Waals surface area contributed by atoms with Crippen molar-refractivity contribution < 1.29 is 4.74 Å². The van der Waals surface area contributed by atoms with Gasteiger partial charge in [0, 0.05) is 31.8 Å². The molecule has 0 amide bonds. The summed E-state index contributed by atoms with van der Waals surface area (Å²) in [6.07, 6.45) is 6.66. The third kappa shape index (κ3) is 4.87. The second-order valence-electron chi connectivity index (χ2n) is 5.74. The van der Waals surface area contributed by atoms with Gasteiger partial charge in [-0.15, -0.1) is 0 Å². The zero-order valence-electron chi connectivity index (χ0n) is 12.7. The fourth-order valence-corrected chi connectivity index (χ4v) is 3.08. The van der Waals surface area contributed by atoms with Crippen molar-refractivity contribution in [3.8, 4) is 0 Å². The van der Waals surface area contributed by atoms with E-state index < -0.39 is 0 Å². The molecule has 18 heavy (non-hydrogen) atoms. The van der Waals surface area contributed by atoms with E-state index in [-0.39, 0.29) is 0 Å². The summed E-state index contributed by atoms with van der Waals surface area (Å²) in [5.41, 5.74) is 0. The first-order chi connectivity index (χ1) is 8.70. The summed E-state index contributed by atoms with van der Waals surface area (Å²) >= 11 is 0. The topological polar surface area (TPSA) is 24.5 Å². The van der Waals surface area contributed by atoms with Crippen LogP contribution >= 0.6 is 0 Å². The number of ether oxygens (including phenoxy) is 1. The van der Waals surface area contributed by atoms with Gasteiger partial charge in [-0.3, -0.25) is 4.90 Å².